The van der Waals surface area contributed by atoms with Crippen LogP contribution in [0.1, 0.15) is 26.7 Å². The SMILES string of the molecule is CC(C)NC(=O)CN(C)CC1(O)CCOCC1. The molecule has 0 aliphatic carbocycles. The van der Waals surface area contributed by atoms with E-state index < -0.39 is 5.60 Å². The van der Waals surface area contributed by atoms with E-state index in [4.69, 9.17) is 4.74 Å². The second-order valence-corrected chi connectivity index (χ2v) is 5.23. The van der Waals surface area contributed by atoms with Crippen molar-refractivity contribution < 1.29 is 14.6 Å². The second kappa shape index (κ2) is 6.33. The minimum Gasteiger partial charge on any atom is -0.388 e. The summed E-state index contributed by atoms with van der Waals surface area (Å²) in [6.45, 7) is 5.90. The summed E-state index contributed by atoms with van der Waals surface area (Å²) in [4.78, 5) is 13.4. The lowest BCUT2D eigenvalue weighted by Crippen LogP contribution is -2.48. The molecule has 0 radical (unpaired) electrons. The van der Waals surface area contributed by atoms with Crippen LogP contribution in [0.2, 0.25) is 0 Å². The maximum Gasteiger partial charge on any atom is 0.234 e. The molecule has 0 unspecified atom stereocenters. The van der Waals surface area contributed by atoms with Crippen molar-refractivity contribution >= 4 is 5.91 Å². The van der Waals surface area contributed by atoms with Gasteiger partial charge in [0.15, 0.2) is 0 Å². The topological polar surface area (TPSA) is 61.8 Å². The first kappa shape index (κ1) is 14.4. The Morgan fingerprint density at radius 3 is 2.59 bits per heavy atom. The first-order valence-electron chi connectivity index (χ1n) is 6.19. The summed E-state index contributed by atoms with van der Waals surface area (Å²) in [7, 11) is 1.85. The Labute approximate surface area is 103 Å². The Morgan fingerprint density at radius 2 is 2.06 bits per heavy atom. The third-order valence-corrected chi connectivity index (χ3v) is 2.85. The van der Waals surface area contributed by atoms with Crippen molar-refractivity contribution in [3.05, 3.63) is 0 Å². The molecule has 100 valence electrons. The highest BCUT2D eigenvalue weighted by Gasteiger charge is 2.31. The third-order valence-electron chi connectivity index (χ3n) is 2.85. The average Bonchev–Trinajstić information content (AvgIpc) is 2.15. The van der Waals surface area contributed by atoms with Gasteiger partial charge in [-0.05, 0) is 20.9 Å². The number of carbonyl (C=O) groups is 1. The fourth-order valence-corrected chi connectivity index (χ4v) is 2.08. The molecule has 1 amide bonds. The van der Waals surface area contributed by atoms with Crippen molar-refractivity contribution in [3.63, 3.8) is 0 Å². The van der Waals surface area contributed by atoms with Gasteiger partial charge in [-0.25, -0.2) is 0 Å². The van der Waals surface area contributed by atoms with Gasteiger partial charge in [0.2, 0.25) is 5.91 Å². The van der Waals surface area contributed by atoms with Gasteiger partial charge in [-0.2, -0.15) is 0 Å². The molecular weight excluding hydrogens is 220 g/mol. The van der Waals surface area contributed by atoms with Crippen LogP contribution < -0.4 is 5.32 Å². The average molecular weight is 244 g/mol. The lowest BCUT2D eigenvalue weighted by atomic mass is 9.94. The number of carbonyl (C=O) groups excluding carboxylic acids is 1. The summed E-state index contributed by atoms with van der Waals surface area (Å²) in [6, 6.07) is 0.155. The van der Waals surface area contributed by atoms with E-state index in [0.29, 0.717) is 39.1 Å². The number of amides is 1. The zero-order valence-electron chi connectivity index (χ0n) is 11.0. The van der Waals surface area contributed by atoms with Gasteiger partial charge in [0.05, 0.1) is 12.1 Å². The number of hydrogen-bond acceptors (Lipinski definition) is 4. The summed E-state index contributed by atoms with van der Waals surface area (Å²) >= 11 is 0. The van der Waals surface area contributed by atoms with Crippen molar-refractivity contribution in [1.29, 1.82) is 0 Å². The molecule has 1 heterocycles. The molecule has 0 atom stereocenters. The van der Waals surface area contributed by atoms with E-state index in [2.05, 4.69) is 5.32 Å². The Hall–Kier alpha value is -0.650. The number of rotatable bonds is 5. The Balaban J connectivity index is 2.32. The molecular formula is C12H24N2O3. The lowest BCUT2D eigenvalue weighted by molar-refractivity contribution is -0.124. The second-order valence-electron chi connectivity index (χ2n) is 5.23. The minimum atomic E-state index is -0.703. The zero-order chi connectivity index (χ0) is 12.9. The smallest absolute Gasteiger partial charge is 0.234 e. The Bertz CT molecular complexity index is 250. The Morgan fingerprint density at radius 1 is 1.47 bits per heavy atom. The lowest BCUT2D eigenvalue weighted by Gasteiger charge is -2.35. The van der Waals surface area contributed by atoms with E-state index in [1.54, 1.807) is 0 Å². The predicted octanol–water partition coefficient (Wildman–Crippen LogP) is -0.0157. The van der Waals surface area contributed by atoms with Gasteiger partial charge >= 0.3 is 0 Å². The van der Waals surface area contributed by atoms with Crippen LogP contribution in [0.25, 0.3) is 0 Å². The number of ether oxygens (including phenoxy) is 1. The molecule has 0 aromatic carbocycles. The number of nitrogens with zero attached hydrogens (tertiary/aromatic N) is 1. The molecule has 1 aliphatic heterocycles. The summed E-state index contributed by atoms with van der Waals surface area (Å²) in [5.74, 6) is -0.00170. The van der Waals surface area contributed by atoms with Gasteiger partial charge in [-0.1, -0.05) is 0 Å². The van der Waals surface area contributed by atoms with Crippen LogP contribution in [0.4, 0.5) is 0 Å². The molecule has 17 heavy (non-hydrogen) atoms. The van der Waals surface area contributed by atoms with E-state index in [-0.39, 0.29) is 11.9 Å². The monoisotopic (exact) mass is 244 g/mol. The van der Waals surface area contributed by atoms with Gasteiger partial charge in [0.1, 0.15) is 0 Å². The van der Waals surface area contributed by atoms with E-state index in [1.807, 2.05) is 25.8 Å². The summed E-state index contributed by atoms with van der Waals surface area (Å²) in [6.07, 6.45) is 1.28. The number of nitrogens with one attached hydrogen (secondary N) is 1. The molecule has 0 saturated carbocycles. The standard InChI is InChI=1S/C12H24N2O3/c1-10(2)13-11(15)8-14(3)9-12(16)4-6-17-7-5-12/h10,16H,4-9H2,1-3H3,(H,13,15). The van der Waals surface area contributed by atoms with Crippen molar-refractivity contribution in [3.8, 4) is 0 Å². The Kier molecular flexibility index (Phi) is 5.36. The van der Waals surface area contributed by atoms with E-state index in [9.17, 15) is 9.90 Å². The molecule has 0 spiro atoms. The zero-order valence-corrected chi connectivity index (χ0v) is 11.0. The molecule has 0 bridgehead atoms. The summed E-state index contributed by atoms with van der Waals surface area (Å²) < 4.78 is 5.22. The molecule has 5 nitrogen and oxygen atoms in total. The van der Waals surface area contributed by atoms with Crippen molar-refractivity contribution in [2.45, 2.75) is 38.3 Å². The first-order chi connectivity index (χ1) is 7.91. The predicted molar refractivity (Wildman–Crippen MR) is 65.8 cm³/mol. The van der Waals surface area contributed by atoms with Gasteiger partial charge in [-0.15, -0.1) is 0 Å². The maximum atomic E-state index is 11.6. The molecule has 0 aromatic heterocycles. The van der Waals surface area contributed by atoms with Crippen LogP contribution in [0.3, 0.4) is 0 Å². The van der Waals surface area contributed by atoms with E-state index >= 15 is 0 Å². The number of likely N-dealkylation sites (N-methyl/N-ethyl adjacent to an activating group) is 1. The van der Waals surface area contributed by atoms with E-state index in [0.717, 1.165) is 0 Å². The molecule has 1 rings (SSSR count). The largest absolute Gasteiger partial charge is 0.388 e. The van der Waals surface area contributed by atoms with Gasteiger partial charge in [-0.3, -0.25) is 9.69 Å². The highest BCUT2D eigenvalue weighted by molar-refractivity contribution is 5.78. The molecule has 0 aromatic rings. The van der Waals surface area contributed by atoms with Gasteiger partial charge in [0, 0.05) is 38.6 Å². The van der Waals surface area contributed by atoms with E-state index in [1.165, 1.54) is 0 Å². The molecule has 1 fully saturated rings. The number of hydrogen-bond donors (Lipinski definition) is 2. The van der Waals surface area contributed by atoms with Gasteiger partial charge < -0.3 is 15.2 Å². The fraction of sp³-hybridized carbons (Fsp3) is 0.917. The highest BCUT2D eigenvalue weighted by atomic mass is 16.5. The summed E-state index contributed by atoms with van der Waals surface area (Å²) in [5, 5.41) is 13.1. The van der Waals surface area contributed by atoms with Crippen molar-refractivity contribution in [2.75, 3.05) is 33.4 Å². The van der Waals surface area contributed by atoms with Crippen LogP contribution in [0.5, 0.6) is 0 Å². The van der Waals surface area contributed by atoms with Crippen LogP contribution in [-0.4, -0.2) is 60.9 Å². The fourth-order valence-electron chi connectivity index (χ4n) is 2.08. The van der Waals surface area contributed by atoms with Crippen molar-refractivity contribution in [2.24, 2.45) is 0 Å². The maximum absolute atomic E-state index is 11.6. The molecule has 1 saturated heterocycles. The normalized spacial score (nSPS) is 19.6. The van der Waals surface area contributed by atoms with Crippen LogP contribution in [0.15, 0.2) is 0 Å². The summed E-state index contributed by atoms with van der Waals surface area (Å²) in [5.41, 5.74) is -0.703. The molecule has 5 heteroatoms. The van der Waals surface area contributed by atoms with Crippen LogP contribution in [0, 0.1) is 0 Å². The minimum absolute atomic E-state index is 0.00170. The molecule has 1 aliphatic rings. The van der Waals surface area contributed by atoms with Crippen LogP contribution >= 0.6 is 0 Å². The van der Waals surface area contributed by atoms with Crippen molar-refractivity contribution in [1.82, 2.24) is 10.2 Å². The quantitative estimate of drug-likeness (QED) is 0.714. The first-order valence-corrected chi connectivity index (χ1v) is 6.19. The van der Waals surface area contributed by atoms with Gasteiger partial charge in [0.25, 0.3) is 0 Å². The third kappa shape index (κ3) is 5.48. The van der Waals surface area contributed by atoms with Crippen LogP contribution in [-0.2, 0) is 9.53 Å². The number of aliphatic hydroxyl groups is 1. The highest BCUT2D eigenvalue weighted by Crippen LogP contribution is 2.20. The molecule has 2 N–H and O–H groups in total.